The van der Waals surface area contributed by atoms with Crippen LogP contribution < -0.4 is 9.80 Å². The average Bonchev–Trinajstić information content (AvgIpc) is 3.45. The van der Waals surface area contributed by atoms with E-state index in [0.717, 1.165) is 45.5 Å². The number of aryl methyl sites for hydroxylation is 3. The van der Waals surface area contributed by atoms with Crippen molar-refractivity contribution in [3.63, 3.8) is 0 Å². The SMILES string of the molecule is CC(=O)N1CCN(c2cc(N(C)c3cccc(S(C)(=O)=O)c3)n3nc(C)c(-c4ccc5c(C)nc(C)n5c4)c3n2)CC1. The highest BCUT2D eigenvalue weighted by Gasteiger charge is 2.25. The van der Waals surface area contributed by atoms with Gasteiger partial charge in [-0.15, -0.1) is 0 Å². The molecule has 0 radical (unpaired) electrons. The Morgan fingerprint density at radius 3 is 2.38 bits per heavy atom. The molecule has 42 heavy (non-hydrogen) atoms. The summed E-state index contributed by atoms with van der Waals surface area (Å²) < 4.78 is 28.6. The summed E-state index contributed by atoms with van der Waals surface area (Å²) in [5.74, 6) is 2.48. The summed E-state index contributed by atoms with van der Waals surface area (Å²) in [7, 11) is -1.49. The Balaban J connectivity index is 1.54. The number of piperazine rings is 1. The van der Waals surface area contributed by atoms with E-state index < -0.39 is 9.84 Å². The smallest absolute Gasteiger partial charge is 0.219 e. The molecule has 0 saturated carbocycles. The van der Waals surface area contributed by atoms with E-state index in [1.807, 2.05) is 54.3 Å². The molecule has 0 N–H and O–H groups in total. The van der Waals surface area contributed by atoms with Crippen molar-refractivity contribution in [2.75, 3.05) is 49.3 Å². The molecule has 0 atom stereocenters. The molecule has 0 unspecified atom stereocenters. The lowest BCUT2D eigenvalue weighted by atomic mass is 10.1. The minimum absolute atomic E-state index is 0.0679. The van der Waals surface area contributed by atoms with Gasteiger partial charge in [0, 0.05) is 69.9 Å². The largest absolute Gasteiger partial charge is 0.353 e. The van der Waals surface area contributed by atoms with Crippen LogP contribution in [0.5, 0.6) is 0 Å². The van der Waals surface area contributed by atoms with E-state index >= 15 is 0 Å². The van der Waals surface area contributed by atoms with Crippen LogP contribution >= 0.6 is 0 Å². The Kier molecular flexibility index (Phi) is 6.68. The van der Waals surface area contributed by atoms with Gasteiger partial charge >= 0.3 is 0 Å². The van der Waals surface area contributed by atoms with Crippen LogP contribution in [0.25, 0.3) is 22.3 Å². The van der Waals surface area contributed by atoms with Crippen molar-refractivity contribution < 1.29 is 13.2 Å². The van der Waals surface area contributed by atoms with Gasteiger partial charge in [-0.3, -0.25) is 4.79 Å². The number of hydrogen-bond acceptors (Lipinski definition) is 8. The van der Waals surface area contributed by atoms with Gasteiger partial charge in [-0.2, -0.15) is 9.61 Å². The molecule has 1 amide bonds. The van der Waals surface area contributed by atoms with Crippen molar-refractivity contribution in [2.24, 2.45) is 0 Å². The van der Waals surface area contributed by atoms with Crippen LogP contribution in [0.4, 0.5) is 17.3 Å². The predicted molar refractivity (Wildman–Crippen MR) is 163 cm³/mol. The summed E-state index contributed by atoms with van der Waals surface area (Å²) in [6, 6.07) is 13.0. The van der Waals surface area contributed by atoms with Crippen molar-refractivity contribution in [3.8, 4) is 11.1 Å². The van der Waals surface area contributed by atoms with Crippen LogP contribution in [0.1, 0.15) is 24.1 Å². The van der Waals surface area contributed by atoms with Crippen molar-refractivity contribution in [1.82, 2.24) is 28.9 Å². The molecule has 1 aliphatic heterocycles. The Hall–Kier alpha value is -4.45. The van der Waals surface area contributed by atoms with E-state index in [9.17, 15) is 13.2 Å². The lowest BCUT2D eigenvalue weighted by Crippen LogP contribution is -2.48. The van der Waals surface area contributed by atoms with E-state index in [1.54, 1.807) is 25.1 Å². The zero-order valence-electron chi connectivity index (χ0n) is 24.7. The lowest BCUT2D eigenvalue weighted by molar-refractivity contribution is -0.129. The van der Waals surface area contributed by atoms with Crippen LogP contribution in [0.15, 0.2) is 53.6 Å². The number of aromatic nitrogens is 5. The monoisotopic (exact) mass is 586 g/mol. The van der Waals surface area contributed by atoms with E-state index in [0.29, 0.717) is 37.5 Å². The molecular formula is C30H34N8O3S. The number of carbonyl (C=O) groups excluding carboxylic acids is 1. The minimum Gasteiger partial charge on any atom is -0.353 e. The number of imidazole rings is 1. The third-order valence-electron chi connectivity index (χ3n) is 8.04. The van der Waals surface area contributed by atoms with Crippen molar-refractivity contribution >= 4 is 44.2 Å². The summed E-state index contributed by atoms with van der Waals surface area (Å²) in [6.45, 7) is 10.1. The van der Waals surface area contributed by atoms with Crippen LogP contribution in [-0.2, 0) is 14.6 Å². The summed E-state index contributed by atoms with van der Waals surface area (Å²) in [5, 5.41) is 4.93. The number of benzene rings is 1. The van der Waals surface area contributed by atoms with Gasteiger partial charge in [0.25, 0.3) is 0 Å². The van der Waals surface area contributed by atoms with Crippen LogP contribution in [0.3, 0.4) is 0 Å². The number of carbonyl (C=O) groups is 1. The molecule has 1 saturated heterocycles. The van der Waals surface area contributed by atoms with Crippen molar-refractivity contribution in [2.45, 2.75) is 32.6 Å². The highest BCUT2D eigenvalue weighted by atomic mass is 32.2. The van der Waals surface area contributed by atoms with Crippen molar-refractivity contribution in [3.05, 3.63) is 65.9 Å². The fourth-order valence-electron chi connectivity index (χ4n) is 5.70. The van der Waals surface area contributed by atoms with Gasteiger partial charge in [0.15, 0.2) is 15.5 Å². The fraction of sp³-hybridized carbons (Fsp3) is 0.333. The molecule has 218 valence electrons. The number of hydrogen-bond donors (Lipinski definition) is 0. The van der Waals surface area contributed by atoms with E-state index in [4.69, 9.17) is 10.1 Å². The van der Waals surface area contributed by atoms with Gasteiger partial charge in [0.2, 0.25) is 5.91 Å². The Labute approximate surface area is 244 Å². The van der Waals surface area contributed by atoms with Crippen LogP contribution in [0.2, 0.25) is 0 Å². The highest BCUT2D eigenvalue weighted by molar-refractivity contribution is 7.90. The third kappa shape index (κ3) is 4.75. The summed E-state index contributed by atoms with van der Waals surface area (Å²) >= 11 is 0. The Morgan fingerprint density at radius 1 is 0.952 bits per heavy atom. The van der Waals surface area contributed by atoms with Gasteiger partial charge in [-0.1, -0.05) is 12.1 Å². The van der Waals surface area contributed by atoms with E-state index in [1.165, 1.54) is 6.26 Å². The maximum Gasteiger partial charge on any atom is 0.219 e. The van der Waals surface area contributed by atoms with Gasteiger partial charge in [0.05, 0.1) is 27.4 Å². The lowest BCUT2D eigenvalue weighted by Gasteiger charge is -2.35. The zero-order valence-corrected chi connectivity index (χ0v) is 25.5. The Morgan fingerprint density at radius 2 is 1.69 bits per heavy atom. The van der Waals surface area contributed by atoms with Gasteiger partial charge in [0.1, 0.15) is 17.5 Å². The number of fused-ring (bicyclic) bond motifs is 2. The third-order valence-corrected chi connectivity index (χ3v) is 9.15. The molecule has 12 heteroatoms. The number of anilines is 3. The van der Waals surface area contributed by atoms with Gasteiger partial charge < -0.3 is 19.1 Å². The number of rotatable bonds is 5. The predicted octanol–water partition coefficient (Wildman–Crippen LogP) is 3.81. The fourth-order valence-corrected chi connectivity index (χ4v) is 6.37. The van der Waals surface area contributed by atoms with E-state index in [2.05, 4.69) is 32.6 Å². The number of sulfone groups is 1. The number of amides is 1. The second-order valence-electron chi connectivity index (χ2n) is 10.9. The molecule has 0 bridgehead atoms. The highest BCUT2D eigenvalue weighted by Crippen LogP contribution is 2.35. The maximum absolute atomic E-state index is 12.3. The molecule has 5 aromatic rings. The minimum atomic E-state index is -3.39. The van der Waals surface area contributed by atoms with Crippen LogP contribution in [-0.4, -0.2) is 82.7 Å². The first-order valence-corrected chi connectivity index (χ1v) is 15.7. The molecule has 4 aromatic heterocycles. The summed E-state index contributed by atoms with van der Waals surface area (Å²) in [6.07, 6.45) is 3.28. The summed E-state index contributed by atoms with van der Waals surface area (Å²) in [4.78, 5) is 27.9. The van der Waals surface area contributed by atoms with Gasteiger partial charge in [-0.05, 0) is 45.0 Å². The molecule has 0 aliphatic carbocycles. The Bertz CT molecular complexity index is 1970. The molecule has 0 spiro atoms. The molecular weight excluding hydrogens is 552 g/mol. The molecule has 1 fully saturated rings. The quantitative estimate of drug-likeness (QED) is 0.306. The average molecular weight is 587 g/mol. The topological polar surface area (TPSA) is 108 Å². The molecule has 5 heterocycles. The standard InChI is InChI=1S/C30H34N8O3S/c1-19-26-11-10-23(18-37(26)21(3)31-19)29-20(2)33-38-28(34(5)24-8-7-9-25(16-24)42(6,40)41)17-27(32-30(29)38)36-14-12-35(13-15-36)22(4)39/h7-11,16-18H,12-15H2,1-6H3. The second kappa shape index (κ2) is 10.1. The molecule has 1 aromatic carbocycles. The molecule has 1 aliphatic rings. The van der Waals surface area contributed by atoms with E-state index in [-0.39, 0.29) is 10.8 Å². The molecule has 6 rings (SSSR count). The maximum atomic E-state index is 12.3. The normalized spacial score (nSPS) is 14.2. The zero-order chi connectivity index (χ0) is 29.9. The first-order chi connectivity index (χ1) is 19.9. The van der Waals surface area contributed by atoms with Gasteiger partial charge in [-0.25, -0.2) is 18.4 Å². The number of pyridine rings is 1. The summed E-state index contributed by atoms with van der Waals surface area (Å²) in [5.41, 5.74) is 6.11. The van der Waals surface area contributed by atoms with Crippen molar-refractivity contribution in [1.29, 1.82) is 0 Å². The number of nitrogens with zero attached hydrogens (tertiary/aromatic N) is 8. The first-order valence-electron chi connectivity index (χ1n) is 13.8. The second-order valence-corrected chi connectivity index (χ2v) is 12.9. The first kappa shape index (κ1) is 27.7. The molecule has 11 nitrogen and oxygen atoms in total. The van der Waals surface area contributed by atoms with Crippen LogP contribution in [0, 0.1) is 20.8 Å².